The summed E-state index contributed by atoms with van der Waals surface area (Å²) in [6.45, 7) is 1.53. The summed E-state index contributed by atoms with van der Waals surface area (Å²) >= 11 is 6.37. The van der Waals surface area contributed by atoms with Crippen molar-refractivity contribution >= 4 is 17.4 Å². The fourth-order valence-corrected chi connectivity index (χ4v) is 4.23. The second-order valence-electron chi connectivity index (χ2n) is 7.85. The summed E-state index contributed by atoms with van der Waals surface area (Å²) in [4.78, 5) is 2.21. The highest BCUT2D eigenvalue weighted by atomic mass is 35.5. The van der Waals surface area contributed by atoms with Gasteiger partial charge in [0, 0.05) is 24.5 Å². The van der Waals surface area contributed by atoms with E-state index in [4.69, 9.17) is 16.3 Å². The van der Waals surface area contributed by atoms with Crippen molar-refractivity contribution in [1.29, 1.82) is 0 Å². The number of hydrogen-bond acceptors (Lipinski definition) is 8. The first-order chi connectivity index (χ1) is 14.5. The number of aromatic nitrogens is 2. The molecule has 3 heterocycles. The molecule has 0 spiro atoms. The second-order valence-corrected chi connectivity index (χ2v) is 8.26. The minimum Gasteiger partial charge on any atom is -0.394 e. The van der Waals surface area contributed by atoms with Crippen LogP contribution in [0.25, 0.3) is 0 Å². The van der Waals surface area contributed by atoms with Gasteiger partial charge in [0.1, 0.15) is 30.5 Å². The molecule has 2 aliphatic heterocycles. The van der Waals surface area contributed by atoms with Gasteiger partial charge in [0.05, 0.1) is 12.3 Å². The van der Waals surface area contributed by atoms with Crippen molar-refractivity contribution in [2.45, 2.75) is 49.8 Å². The van der Waals surface area contributed by atoms with Crippen LogP contribution >= 0.6 is 11.6 Å². The van der Waals surface area contributed by atoms with Crippen LogP contribution in [0.15, 0.2) is 30.3 Å². The largest absolute Gasteiger partial charge is 0.394 e. The van der Waals surface area contributed by atoms with E-state index in [1.54, 1.807) is 18.2 Å². The molecular weight excluding hydrogens is 410 g/mol. The van der Waals surface area contributed by atoms with Crippen LogP contribution in [0.4, 0.5) is 5.82 Å². The van der Waals surface area contributed by atoms with Gasteiger partial charge in [0.25, 0.3) is 0 Å². The Morgan fingerprint density at radius 2 is 1.77 bits per heavy atom. The van der Waals surface area contributed by atoms with E-state index in [-0.39, 0.29) is 0 Å². The van der Waals surface area contributed by atoms with Crippen molar-refractivity contribution in [3.05, 3.63) is 52.2 Å². The van der Waals surface area contributed by atoms with E-state index in [1.807, 2.05) is 12.1 Å². The van der Waals surface area contributed by atoms with Crippen LogP contribution in [-0.2, 0) is 11.2 Å². The smallest absolute Gasteiger partial charge is 0.151 e. The first-order valence-electron chi connectivity index (χ1n) is 10.1. The Kier molecular flexibility index (Phi) is 6.52. The highest BCUT2D eigenvalue weighted by Crippen LogP contribution is 2.34. The van der Waals surface area contributed by atoms with Gasteiger partial charge in [0.15, 0.2) is 5.82 Å². The second kappa shape index (κ2) is 9.13. The van der Waals surface area contributed by atoms with Crippen molar-refractivity contribution in [3.63, 3.8) is 0 Å². The molecule has 9 heteroatoms. The SMILES string of the molecule is OC[C@H]1O[C@@H](c2ccc(Cl)c(Cc3ccc(N4CCCC4)nn3)c2)[C@H](O)[C@@H](O)[C@@H]1O. The van der Waals surface area contributed by atoms with Crippen molar-refractivity contribution < 1.29 is 25.2 Å². The van der Waals surface area contributed by atoms with Crippen molar-refractivity contribution in [2.24, 2.45) is 0 Å². The lowest BCUT2D eigenvalue weighted by atomic mass is 9.90. The Morgan fingerprint density at radius 1 is 1.00 bits per heavy atom. The molecule has 2 aliphatic rings. The van der Waals surface area contributed by atoms with Gasteiger partial charge in [0.2, 0.25) is 0 Å². The predicted octanol–water partition coefficient (Wildman–Crippen LogP) is 0.836. The molecule has 2 aromatic rings. The molecular formula is C21H26ClN3O5. The topological polar surface area (TPSA) is 119 Å². The summed E-state index contributed by atoms with van der Waals surface area (Å²) < 4.78 is 5.65. The normalized spacial score (nSPS) is 29.4. The highest BCUT2D eigenvalue weighted by molar-refractivity contribution is 6.31. The molecule has 2 fully saturated rings. The number of rotatable bonds is 5. The average molecular weight is 436 g/mol. The molecule has 0 aliphatic carbocycles. The lowest BCUT2D eigenvalue weighted by molar-refractivity contribution is -0.231. The van der Waals surface area contributed by atoms with Gasteiger partial charge in [-0.15, -0.1) is 5.10 Å². The van der Waals surface area contributed by atoms with E-state index in [1.165, 1.54) is 12.8 Å². The first-order valence-corrected chi connectivity index (χ1v) is 10.5. The van der Waals surface area contributed by atoms with Crippen molar-refractivity contribution in [3.8, 4) is 0 Å². The molecule has 30 heavy (non-hydrogen) atoms. The summed E-state index contributed by atoms with van der Waals surface area (Å²) in [7, 11) is 0. The summed E-state index contributed by atoms with van der Waals surface area (Å²) in [5.74, 6) is 0.873. The van der Waals surface area contributed by atoms with Gasteiger partial charge in [-0.1, -0.05) is 23.7 Å². The van der Waals surface area contributed by atoms with Gasteiger partial charge < -0.3 is 30.1 Å². The van der Waals surface area contributed by atoms with Crippen molar-refractivity contribution in [2.75, 3.05) is 24.6 Å². The lowest BCUT2D eigenvalue weighted by Crippen LogP contribution is -2.55. The van der Waals surface area contributed by atoms with Gasteiger partial charge in [-0.2, -0.15) is 5.10 Å². The minimum absolute atomic E-state index is 0.442. The Labute approximate surface area is 179 Å². The number of benzene rings is 1. The summed E-state index contributed by atoms with van der Waals surface area (Å²) in [6, 6.07) is 9.06. The molecule has 0 radical (unpaired) electrons. The number of halogens is 1. The molecule has 2 saturated heterocycles. The summed E-state index contributed by atoms with van der Waals surface area (Å²) in [6.07, 6.45) is -3.24. The zero-order valence-electron chi connectivity index (χ0n) is 16.4. The number of ether oxygens (including phenoxy) is 1. The molecule has 1 aromatic heterocycles. The van der Waals surface area contributed by atoms with E-state index in [0.29, 0.717) is 17.0 Å². The maximum absolute atomic E-state index is 10.4. The third-order valence-electron chi connectivity index (χ3n) is 5.80. The van der Waals surface area contributed by atoms with E-state index >= 15 is 0 Å². The van der Waals surface area contributed by atoms with Crippen LogP contribution in [0.1, 0.15) is 35.8 Å². The van der Waals surface area contributed by atoms with E-state index in [9.17, 15) is 20.4 Å². The van der Waals surface area contributed by atoms with Crippen molar-refractivity contribution in [1.82, 2.24) is 10.2 Å². The quantitative estimate of drug-likeness (QED) is 0.545. The predicted molar refractivity (Wildman–Crippen MR) is 110 cm³/mol. The number of aliphatic hydroxyl groups excluding tert-OH is 4. The van der Waals surface area contributed by atoms with Gasteiger partial charge in [-0.25, -0.2) is 0 Å². The molecule has 1 aromatic carbocycles. The maximum Gasteiger partial charge on any atom is 0.151 e. The number of nitrogens with zero attached hydrogens (tertiary/aromatic N) is 3. The molecule has 0 amide bonds. The van der Waals surface area contributed by atoms with Crippen LogP contribution < -0.4 is 4.90 Å². The van der Waals surface area contributed by atoms with Crippen LogP contribution in [0, 0.1) is 0 Å². The van der Waals surface area contributed by atoms with Gasteiger partial charge >= 0.3 is 0 Å². The minimum atomic E-state index is -1.43. The molecule has 0 unspecified atom stereocenters. The standard InChI is InChI=1S/C21H26ClN3O5/c22-15-5-3-12(21-20(29)19(28)18(27)16(11-26)30-21)9-13(15)10-14-4-6-17(24-23-14)25-7-1-2-8-25/h3-6,9,16,18-21,26-29H,1-2,7-8,10-11H2/t16-,18-,19+,20-,21+/m1/s1. The number of hydrogen-bond donors (Lipinski definition) is 4. The molecule has 4 rings (SSSR count). The van der Waals surface area contributed by atoms with Crippen LogP contribution in [0.5, 0.6) is 0 Å². The molecule has 4 N–H and O–H groups in total. The number of anilines is 1. The first kappa shape index (κ1) is 21.4. The Hall–Kier alpha value is -1.81. The molecule has 162 valence electrons. The fraction of sp³-hybridized carbons (Fsp3) is 0.524. The Morgan fingerprint density at radius 3 is 2.43 bits per heavy atom. The van der Waals surface area contributed by atoms with E-state index in [0.717, 1.165) is 30.2 Å². The lowest BCUT2D eigenvalue weighted by Gasteiger charge is -2.40. The molecule has 8 nitrogen and oxygen atoms in total. The fourth-order valence-electron chi connectivity index (χ4n) is 4.04. The summed E-state index contributed by atoms with van der Waals surface area (Å²) in [5.41, 5.74) is 2.12. The third-order valence-corrected chi connectivity index (χ3v) is 6.17. The van der Waals surface area contributed by atoms with Gasteiger partial charge in [-0.3, -0.25) is 0 Å². The van der Waals surface area contributed by atoms with Crippen LogP contribution in [0.3, 0.4) is 0 Å². The molecule has 0 saturated carbocycles. The highest BCUT2D eigenvalue weighted by Gasteiger charge is 2.44. The maximum atomic E-state index is 10.4. The van der Waals surface area contributed by atoms with E-state index < -0.39 is 37.1 Å². The van der Waals surface area contributed by atoms with E-state index in [2.05, 4.69) is 15.1 Å². The Balaban J connectivity index is 1.53. The molecule has 5 atom stereocenters. The monoisotopic (exact) mass is 435 g/mol. The number of aliphatic hydroxyl groups is 4. The zero-order chi connectivity index (χ0) is 21.3. The average Bonchev–Trinajstić information content (AvgIpc) is 3.30. The Bertz CT molecular complexity index is 860. The van der Waals surface area contributed by atoms with Crippen LogP contribution in [-0.4, -0.2) is 74.7 Å². The zero-order valence-corrected chi connectivity index (χ0v) is 17.2. The summed E-state index contributed by atoms with van der Waals surface area (Å²) in [5, 5.41) is 49.0. The third kappa shape index (κ3) is 4.30. The molecule has 0 bridgehead atoms. The van der Waals surface area contributed by atoms with Gasteiger partial charge in [-0.05, 0) is 42.2 Å². The van der Waals surface area contributed by atoms with Crippen LogP contribution in [0.2, 0.25) is 5.02 Å².